The molecular weight excluding hydrogens is 440 g/mol. The average Bonchev–Trinajstić information content (AvgIpc) is 2.83. The van der Waals surface area contributed by atoms with Crippen molar-refractivity contribution in [3.63, 3.8) is 0 Å². The molecular formula is C21H38N2O10. The van der Waals surface area contributed by atoms with Gasteiger partial charge in [0.05, 0.1) is 36.9 Å². The Hall–Kier alpha value is -1.32. The molecule has 1 aromatic heterocycles. The van der Waals surface area contributed by atoms with Crippen LogP contribution in [0, 0.1) is 0 Å². The number of rotatable bonds is 20. The van der Waals surface area contributed by atoms with E-state index in [1.807, 2.05) is 0 Å². The highest BCUT2D eigenvalue weighted by molar-refractivity contribution is 5.09. The van der Waals surface area contributed by atoms with Crippen LogP contribution in [0.15, 0.2) is 12.4 Å². The number of hydrogen-bond donors (Lipinski definition) is 7. The lowest BCUT2D eigenvalue weighted by Gasteiger charge is -2.28. The number of aromatic nitrogens is 2. The van der Waals surface area contributed by atoms with Gasteiger partial charge in [0.2, 0.25) is 0 Å². The van der Waals surface area contributed by atoms with Gasteiger partial charge in [0, 0.05) is 52.3 Å². The van der Waals surface area contributed by atoms with Crippen LogP contribution in [-0.2, 0) is 20.6 Å². The largest absolute Gasteiger partial charge is 0.396 e. The quantitative estimate of drug-likeness (QED) is 0.0992. The Morgan fingerprint density at radius 1 is 0.697 bits per heavy atom. The van der Waals surface area contributed by atoms with Crippen LogP contribution in [0.5, 0.6) is 0 Å². The van der Waals surface area contributed by atoms with Crippen LogP contribution in [-0.4, -0.2) is 123 Å². The van der Waals surface area contributed by atoms with E-state index in [1.54, 1.807) is 0 Å². The summed E-state index contributed by atoms with van der Waals surface area (Å²) in [6.07, 6.45) is -1.28. The first-order valence-electron chi connectivity index (χ1n) is 11.1. The van der Waals surface area contributed by atoms with E-state index in [1.165, 1.54) is 12.4 Å². The topological polar surface area (TPSA) is 195 Å². The molecule has 0 bridgehead atoms. The molecule has 0 radical (unpaired) electrons. The molecule has 0 fully saturated rings. The van der Waals surface area contributed by atoms with Gasteiger partial charge in [-0.15, -0.1) is 0 Å². The van der Waals surface area contributed by atoms with Crippen molar-refractivity contribution in [1.29, 1.82) is 0 Å². The Balaban J connectivity index is 2.86. The molecule has 192 valence electrons. The fourth-order valence-electron chi connectivity index (χ4n) is 2.93. The molecule has 1 rings (SSSR count). The summed E-state index contributed by atoms with van der Waals surface area (Å²) in [5, 5.41) is 66.8. The van der Waals surface area contributed by atoms with Crippen LogP contribution in [0.3, 0.4) is 0 Å². The first-order valence-corrected chi connectivity index (χ1v) is 11.1. The molecule has 0 saturated heterocycles. The number of nitrogens with zero attached hydrogens (tertiary/aromatic N) is 2. The summed E-state index contributed by atoms with van der Waals surface area (Å²) in [4.78, 5) is 8.52. The highest BCUT2D eigenvalue weighted by atomic mass is 16.5. The van der Waals surface area contributed by atoms with Crippen LogP contribution < -0.4 is 0 Å². The van der Waals surface area contributed by atoms with E-state index in [0.29, 0.717) is 25.0 Å². The Morgan fingerprint density at radius 2 is 1.24 bits per heavy atom. The van der Waals surface area contributed by atoms with Crippen LogP contribution in [0.25, 0.3) is 0 Å². The van der Waals surface area contributed by atoms with Gasteiger partial charge in [-0.05, 0) is 19.3 Å². The fourth-order valence-corrected chi connectivity index (χ4v) is 2.93. The summed E-state index contributed by atoms with van der Waals surface area (Å²) in [6.45, 7) is -0.678. The van der Waals surface area contributed by atoms with Gasteiger partial charge in [0.1, 0.15) is 24.4 Å². The van der Waals surface area contributed by atoms with E-state index in [9.17, 15) is 20.4 Å². The van der Waals surface area contributed by atoms with Crippen molar-refractivity contribution in [3.05, 3.63) is 23.8 Å². The molecule has 0 unspecified atom stereocenters. The Bertz CT molecular complexity index is 595. The molecule has 7 N–H and O–H groups in total. The predicted molar refractivity (Wildman–Crippen MR) is 115 cm³/mol. The summed E-state index contributed by atoms with van der Waals surface area (Å²) in [7, 11) is 0. The van der Waals surface area contributed by atoms with E-state index in [0.717, 1.165) is 0 Å². The van der Waals surface area contributed by atoms with E-state index < -0.39 is 43.7 Å². The summed E-state index contributed by atoms with van der Waals surface area (Å²) < 4.78 is 16.5. The Morgan fingerprint density at radius 3 is 1.73 bits per heavy atom. The third-order valence-corrected chi connectivity index (χ3v) is 4.78. The van der Waals surface area contributed by atoms with Crippen LogP contribution in [0.2, 0.25) is 0 Å². The fraction of sp³-hybridized carbons (Fsp3) is 0.810. The first kappa shape index (κ1) is 29.7. The second-order valence-corrected chi connectivity index (χ2v) is 7.40. The summed E-state index contributed by atoms with van der Waals surface area (Å²) >= 11 is 0. The van der Waals surface area contributed by atoms with Crippen molar-refractivity contribution in [1.82, 2.24) is 9.97 Å². The molecule has 0 aromatic carbocycles. The molecule has 0 amide bonds. The molecule has 0 saturated carbocycles. The lowest BCUT2D eigenvalue weighted by molar-refractivity contribution is -0.130. The van der Waals surface area contributed by atoms with Gasteiger partial charge in [-0.1, -0.05) is 0 Å². The van der Waals surface area contributed by atoms with Crippen molar-refractivity contribution < 1.29 is 50.0 Å². The summed E-state index contributed by atoms with van der Waals surface area (Å²) in [5.41, 5.74) is 0.678. The minimum Gasteiger partial charge on any atom is -0.396 e. The van der Waals surface area contributed by atoms with Crippen molar-refractivity contribution >= 4 is 0 Å². The van der Waals surface area contributed by atoms with Crippen LogP contribution in [0.1, 0.15) is 36.8 Å². The van der Waals surface area contributed by atoms with Gasteiger partial charge in [-0.25, -0.2) is 0 Å². The second-order valence-electron chi connectivity index (χ2n) is 7.40. The number of ether oxygens (including phenoxy) is 3. The standard InChI is InChI=1S/C21H38N2O10/c24-4-1-7-31-18(13-27)17(29)10-15-11-23-16(12-22-15)21(33-9-3-6-26)20(30)19(14-28)32-8-2-5-25/h11-12,17-21,24-30H,1-10,13-14H2/t17-,18-,19-,20+,21-/m0/s1. The molecule has 1 aromatic rings. The third-order valence-electron chi connectivity index (χ3n) is 4.78. The molecule has 12 heteroatoms. The van der Waals surface area contributed by atoms with Gasteiger partial charge in [0.15, 0.2) is 0 Å². The van der Waals surface area contributed by atoms with E-state index in [-0.39, 0.29) is 51.8 Å². The lowest BCUT2D eigenvalue weighted by atomic mass is 10.0. The minimum atomic E-state index is -1.29. The highest BCUT2D eigenvalue weighted by Gasteiger charge is 2.31. The van der Waals surface area contributed by atoms with Crippen molar-refractivity contribution in [3.8, 4) is 0 Å². The van der Waals surface area contributed by atoms with E-state index >= 15 is 0 Å². The Labute approximate surface area is 193 Å². The summed E-state index contributed by atoms with van der Waals surface area (Å²) in [5.74, 6) is 0. The molecule has 33 heavy (non-hydrogen) atoms. The van der Waals surface area contributed by atoms with E-state index in [4.69, 9.17) is 29.5 Å². The predicted octanol–water partition coefficient (Wildman–Crippen LogP) is -2.30. The van der Waals surface area contributed by atoms with Gasteiger partial charge < -0.3 is 50.0 Å². The summed E-state index contributed by atoms with van der Waals surface area (Å²) in [6, 6.07) is 0. The van der Waals surface area contributed by atoms with Crippen molar-refractivity contribution in [2.24, 2.45) is 0 Å². The molecule has 5 atom stereocenters. The van der Waals surface area contributed by atoms with Gasteiger partial charge in [-0.2, -0.15) is 0 Å². The zero-order valence-electron chi connectivity index (χ0n) is 18.8. The van der Waals surface area contributed by atoms with Crippen molar-refractivity contribution in [2.75, 3.05) is 52.9 Å². The maximum atomic E-state index is 10.7. The number of hydrogen-bond acceptors (Lipinski definition) is 12. The number of aliphatic hydroxyl groups excluding tert-OH is 7. The number of aliphatic hydroxyl groups is 7. The SMILES string of the molecule is OCCCO[C@@H](CO)[C@@H](O)[C@@H](OCCCO)c1cnc(C[C@H](O)[C@H](CO)OCCCO)cn1. The van der Waals surface area contributed by atoms with Gasteiger partial charge in [-0.3, -0.25) is 9.97 Å². The average molecular weight is 479 g/mol. The third kappa shape index (κ3) is 11.1. The van der Waals surface area contributed by atoms with Crippen LogP contribution in [0.4, 0.5) is 0 Å². The van der Waals surface area contributed by atoms with E-state index in [2.05, 4.69) is 9.97 Å². The molecule has 0 aliphatic carbocycles. The maximum absolute atomic E-state index is 10.7. The molecule has 1 heterocycles. The normalized spacial score (nSPS) is 16.3. The van der Waals surface area contributed by atoms with Gasteiger partial charge in [0.25, 0.3) is 0 Å². The minimum absolute atomic E-state index is 0.0553. The Kier molecular flexibility index (Phi) is 16.3. The monoisotopic (exact) mass is 478 g/mol. The second kappa shape index (κ2) is 18.1. The zero-order chi connectivity index (χ0) is 24.5. The van der Waals surface area contributed by atoms with Gasteiger partial charge >= 0.3 is 0 Å². The first-order chi connectivity index (χ1) is 16.0. The lowest BCUT2D eigenvalue weighted by Crippen LogP contribution is -2.39. The molecule has 12 nitrogen and oxygen atoms in total. The molecule has 0 aliphatic rings. The van der Waals surface area contributed by atoms with Crippen molar-refractivity contribution in [2.45, 2.75) is 56.2 Å². The van der Waals surface area contributed by atoms with Crippen LogP contribution >= 0.6 is 0 Å². The molecule has 0 spiro atoms. The maximum Gasteiger partial charge on any atom is 0.129 e. The smallest absolute Gasteiger partial charge is 0.129 e. The molecule has 0 aliphatic heterocycles. The zero-order valence-corrected chi connectivity index (χ0v) is 18.8. The highest BCUT2D eigenvalue weighted by Crippen LogP contribution is 2.23.